The van der Waals surface area contributed by atoms with E-state index in [1.54, 1.807) is 0 Å². The Bertz CT molecular complexity index is 904. The van der Waals surface area contributed by atoms with Crippen molar-refractivity contribution in [1.29, 1.82) is 0 Å². The zero-order valence-electron chi connectivity index (χ0n) is 19.1. The molecule has 2 aromatic rings. The van der Waals surface area contributed by atoms with Crippen LogP contribution in [0.5, 0.6) is 0 Å². The Morgan fingerprint density at radius 3 is 2.69 bits per heavy atom. The molecule has 2 amide bonds. The van der Waals surface area contributed by atoms with E-state index in [9.17, 15) is 9.59 Å². The van der Waals surface area contributed by atoms with Crippen LogP contribution in [0.15, 0.2) is 40.9 Å². The predicted molar refractivity (Wildman–Crippen MR) is 124 cm³/mol. The van der Waals surface area contributed by atoms with Crippen molar-refractivity contribution in [3.8, 4) is 11.3 Å². The van der Waals surface area contributed by atoms with Crippen LogP contribution in [-0.4, -0.2) is 41.5 Å². The fourth-order valence-corrected chi connectivity index (χ4v) is 5.34. The lowest BCUT2D eigenvalue weighted by Crippen LogP contribution is -2.54. The molecule has 1 atom stereocenters. The van der Waals surface area contributed by atoms with E-state index < -0.39 is 5.41 Å². The standard InChI is InChI=1S/C26H35N3O3/c1-2-27-25(31)26(18-22-17-23(28-32-22)21-12-7-4-8-13-21)14-9-15-29(19-26)24(30)16-20-10-5-3-6-11-20/h4,7-8,12-13,17,20H,2-3,5-6,9-11,14-16,18-19H2,1H3,(H,27,31). The second-order valence-corrected chi connectivity index (χ2v) is 9.49. The molecule has 1 N–H and O–H groups in total. The third-order valence-corrected chi connectivity index (χ3v) is 7.08. The van der Waals surface area contributed by atoms with Gasteiger partial charge in [0, 0.05) is 44.1 Å². The van der Waals surface area contributed by atoms with Gasteiger partial charge in [-0.05, 0) is 38.5 Å². The highest BCUT2D eigenvalue weighted by Gasteiger charge is 2.44. The number of likely N-dealkylation sites (tertiary alicyclic amines) is 1. The molecule has 1 saturated carbocycles. The molecule has 32 heavy (non-hydrogen) atoms. The summed E-state index contributed by atoms with van der Waals surface area (Å²) in [5, 5.41) is 7.25. The molecule has 2 aliphatic rings. The van der Waals surface area contributed by atoms with Gasteiger partial charge in [0.1, 0.15) is 11.5 Å². The zero-order chi connectivity index (χ0) is 22.4. The number of benzene rings is 1. The maximum absolute atomic E-state index is 13.2. The van der Waals surface area contributed by atoms with Crippen molar-refractivity contribution in [2.45, 2.75) is 64.7 Å². The van der Waals surface area contributed by atoms with Gasteiger partial charge in [0.15, 0.2) is 0 Å². The molecule has 2 heterocycles. The molecule has 2 fully saturated rings. The Balaban J connectivity index is 1.50. The van der Waals surface area contributed by atoms with Crippen molar-refractivity contribution >= 4 is 11.8 Å². The second-order valence-electron chi connectivity index (χ2n) is 9.49. The quantitative estimate of drug-likeness (QED) is 0.687. The third-order valence-electron chi connectivity index (χ3n) is 7.08. The molecule has 1 unspecified atom stereocenters. The van der Waals surface area contributed by atoms with Crippen molar-refractivity contribution in [2.75, 3.05) is 19.6 Å². The first-order valence-corrected chi connectivity index (χ1v) is 12.2. The van der Waals surface area contributed by atoms with Crippen LogP contribution in [0.1, 0.15) is 64.1 Å². The second kappa shape index (κ2) is 10.3. The molecule has 0 spiro atoms. The van der Waals surface area contributed by atoms with Crippen LogP contribution < -0.4 is 5.32 Å². The summed E-state index contributed by atoms with van der Waals surface area (Å²) in [5.41, 5.74) is 1.08. The first-order valence-electron chi connectivity index (χ1n) is 12.2. The summed E-state index contributed by atoms with van der Waals surface area (Å²) in [6.07, 6.45) is 8.70. The molecule has 6 nitrogen and oxygen atoms in total. The number of nitrogens with zero attached hydrogens (tertiary/aromatic N) is 2. The van der Waals surface area contributed by atoms with Crippen molar-refractivity contribution in [3.63, 3.8) is 0 Å². The highest BCUT2D eigenvalue weighted by atomic mass is 16.5. The lowest BCUT2D eigenvalue weighted by molar-refractivity contribution is -0.142. The van der Waals surface area contributed by atoms with Crippen molar-refractivity contribution in [3.05, 3.63) is 42.2 Å². The summed E-state index contributed by atoms with van der Waals surface area (Å²) >= 11 is 0. The topological polar surface area (TPSA) is 75.4 Å². The van der Waals surface area contributed by atoms with E-state index in [1.807, 2.05) is 48.2 Å². The van der Waals surface area contributed by atoms with E-state index in [-0.39, 0.29) is 11.8 Å². The molecule has 1 aromatic heterocycles. The number of carbonyl (C=O) groups excluding carboxylic acids is 2. The largest absolute Gasteiger partial charge is 0.361 e. The van der Waals surface area contributed by atoms with E-state index in [4.69, 9.17) is 4.52 Å². The summed E-state index contributed by atoms with van der Waals surface area (Å²) in [4.78, 5) is 28.3. The predicted octanol–water partition coefficient (Wildman–Crippen LogP) is 4.60. The van der Waals surface area contributed by atoms with Crippen molar-refractivity contribution in [1.82, 2.24) is 15.4 Å². The highest BCUT2D eigenvalue weighted by molar-refractivity contribution is 5.85. The highest BCUT2D eigenvalue weighted by Crippen LogP contribution is 2.36. The summed E-state index contributed by atoms with van der Waals surface area (Å²) in [5.74, 6) is 1.40. The van der Waals surface area contributed by atoms with Gasteiger partial charge in [0.2, 0.25) is 11.8 Å². The molecule has 172 valence electrons. The average Bonchev–Trinajstić information content (AvgIpc) is 3.29. The van der Waals surface area contributed by atoms with Crippen LogP contribution in [-0.2, 0) is 16.0 Å². The minimum absolute atomic E-state index is 0.00725. The molecule has 1 aromatic carbocycles. The Kier molecular flexibility index (Phi) is 7.28. The van der Waals surface area contributed by atoms with Crippen LogP contribution in [0, 0.1) is 11.3 Å². The Hall–Kier alpha value is -2.63. The summed E-state index contributed by atoms with van der Waals surface area (Å²) in [6, 6.07) is 11.8. The lowest BCUT2D eigenvalue weighted by atomic mass is 9.75. The summed E-state index contributed by atoms with van der Waals surface area (Å²) in [6.45, 7) is 3.69. The van der Waals surface area contributed by atoms with Gasteiger partial charge in [-0.15, -0.1) is 0 Å². The van der Waals surface area contributed by atoms with Gasteiger partial charge < -0.3 is 14.7 Å². The molecular formula is C26H35N3O3. The lowest BCUT2D eigenvalue weighted by Gasteiger charge is -2.41. The summed E-state index contributed by atoms with van der Waals surface area (Å²) < 4.78 is 5.66. The third kappa shape index (κ3) is 5.22. The van der Waals surface area contributed by atoms with E-state index in [0.29, 0.717) is 37.6 Å². The normalized spacial score (nSPS) is 22.0. The van der Waals surface area contributed by atoms with E-state index >= 15 is 0 Å². The van der Waals surface area contributed by atoms with Gasteiger partial charge in [-0.2, -0.15) is 0 Å². The van der Waals surface area contributed by atoms with Gasteiger partial charge in [-0.25, -0.2) is 0 Å². The van der Waals surface area contributed by atoms with Crippen LogP contribution in [0.25, 0.3) is 11.3 Å². The van der Waals surface area contributed by atoms with Crippen LogP contribution >= 0.6 is 0 Å². The number of hydrogen-bond donors (Lipinski definition) is 1. The fourth-order valence-electron chi connectivity index (χ4n) is 5.34. The number of nitrogens with one attached hydrogen (secondary N) is 1. The fraction of sp³-hybridized carbons (Fsp3) is 0.577. The van der Waals surface area contributed by atoms with Gasteiger partial charge in [-0.1, -0.05) is 54.8 Å². The van der Waals surface area contributed by atoms with Crippen LogP contribution in [0.3, 0.4) is 0 Å². The van der Waals surface area contributed by atoms with E-state index in [1.165, 1.54) is 19.3 Å². The minimum Gasteiger partial charge on any atom is -0.361 e. The summed E-state index contributed by atoms with van der Waals surface area (Å²) in [7, 11) is 0. The Morgan fingerprint density at radius 1 is 1.16 bits per heavy atom. The number of hydrogen-bond acceptors (Lipinski definition) is 4. The molecule has 6 heteroatoms. The minimum atomic E-state index is -0.677. The molecule has 0 radical (unpaired) electrons. The number of rotatable bonds is 7. The van der Waals surface area contributed by atoms with E-state index in [2.05, 4.69) is 10.5 Å². The first-order chi connectivity index (χ1) is 15.6. The van der Waals surface area contributed by atoms with Gasteiger partial charge >= 0.3 is 0 Å². The van der Waals surface area contributed by atoms with Gasteiger partial charge in [0.25, 0.3) is 0 Å². The number of amides is 2. The van der Waals surface area contributed by atoms with Gasteiger partial charge in [0.05, 0.1) is 5.41 Å². The molecule has 0 bridgehead atoms. The SMILES string of the molecule is CCNC(=O)C1(Cc2cc(-c3ccccc3)no2)CCCN(C(=O)CC2CCCCC2)C1. The van der Waals surface area contributed by atoms with Crippen LogP contribution in [0.4, 0.5) is 0 Å². The monoisotopic (exact) mass is 437 g/mol. The maximum atomic E-state index is 13.2. The Morgan fingerprint density at radius 2 is 1.94 bits per heavy atom. The number of carbonyl (C=O) groups is 2. The molecule has 1 aliphatic carbocycles. The molecule has 1 aliphatic heterocycles. The maximum Gasteiger partial charge on any atom is 0.228 e. The van der Waals surface area contributed by atoms with Crippen molar-refractivity contribution < 1.29 is 14.1 Å². The number of aromatic nitrogens is 1. The molecular weight excluding hydrogens is 402 g/mol. The first kappa shape index (κ1) is 22.6. The van der Waals surface area contributed by atoms with Crippen LogP contribution in [0.2, 0.25) is 0 Å². The zero-order valence-corrected chi connectivity index (χ0v) is 19.1. The average molecular weight is 438 g/mol. The smallest absolute Gasteiger partial charge is 0.228 e. The molecule has 4 rings (SSSR count). The molecule has 1 saturated heterocycles. The van der Waals surface area contributed by atoms with E-state index in [0.717, 1.165) is 43.5 Å². The van der Waals surface area contributed by atoms with Crippen molar-refractivity contribution in [2.24, 2.45) is 11.3 Å². The Labute approximate surface area is 190 Å². The van der Waals surface area contributed by atoms with Gasteiger partial charge in [-0.3, -0.25) is 9.59 Å². The number of piperidine rings is 1.